The molecule has 0 heterocycles. The molecule has 3 unspecified atom stereocenters. The lowest BCUT2D eigenvalue weighted by atomic mass is 9.84. The van der Waals surface area contributed by atoms with E-state index in [2.05, 4.69) is 5.32 Å². The molecule has 1 rings (SSSR count). The Bertz CT molecular complexity index is 450. The summed E-state index contributed by atoms with van der Waals surface area (Å²) in [6.07, 6.45) is 0.764. The van der Waals surface area contributed by atoms with Gasteiger partial charge in [-0.2, -0.15) is 0 Å². The predicted molar refractivity (Wildman–Crippen MR) is 74.2 cm³/mol. The van der Waals surface area contributed by atoms with Crippen molar-refractivity contribution in [2.24, 2.45) is 5.92 Å². The van der Waals surface area contributed by atoms with Crippen molar-refractivity contribution in [2.45, 2.75) is 32.2 Å². The third kappa shape index (κ3) is 4.05. The maximum atomic E-state index is 12.6. The number of alkyl halides is 1. The number of nitrogens with one attached hydrogen (secondary N) is 1. The van der Waals surface area contributed by atoms with E-state index in [-0.39, 0.29) is 5.92 Å². The van der Waals surface area contributed by atoms with Crippen LogP contribution in [-0.2, 0) is 9.59 Å². The van der Waals surface area contributed by atoms with Crippen LogP contribution in [0, 0.1) is 5.92 Å². The van der Waals surface area contributed by atoms with Crippen molar-refractivity contribution in [2.75, 3.05) is 6.67 Å². The van der Waals surface area contributed by atoms with Gasteiger partial charge in [-0.05, 0) is 11.5 Å². The quantitative estimate of drug-likeness (QED) is 0.806. The Morgan fingerprint density at radius 1 is 1.30 bits per heavy atom. The molecule has 0 aromatic heterocycles. The Labute approximate surface area is 118 Å². The highest BCUT2D eigenvalue weighted by Gasteiger charge is 2.29. The van der Waals surface area contributed by atoms with Crippen LogP contribution in [0.2, 0.25) is 0 Å². The number of halogens is 1. The van der Waals surface area contributed by atoms with E-state index in [0.29, 0.717) is 0 Å². The summed E-state index contributed by atoms with van der Waals surface area (Å²) in [5, 5.41) is 11.1. The number of rotatable bonds is 7. The number of hydrogen-bond acceptors (Lipinski definition) is 2. The van der Waals surface area contributed by atoms with Crippen LogP contribution >= 0.6 is 0 Å². The number of carbonyl (C=O) groups is 2. The predicted octanol–water partition coefficient (Wildman–Crippen LogP) is 2.36. The van der Waals surface area contributed by atoms with E-state index in [1.807, 2.05) is 44.2 Å². The second-order valence-corrected chi connectivity index (χ2v) is 4.83. The molecule has 20 heavy (non-hydrogen) atoms. The van der Waals surface area contributed by atoms with Gasteiger partial charge >= 0.3 is 5.97 Å². The molecule has 0 saturated carbocycles. The van der Waals surface area contributed by atoms with Gasteiger partial charge in [0.2, 0.25) is 5.91 Å². The Morgan fingerprint density at radius 3 is 2.35 bits per heavy atom. The Morgan fingerprint density at radius 2 is 1.90 bits per heavy atom. The van der Waals surface area contributed by atoms with E-state index in [9.17, 15) is 14.0 Å². The molecular formula is C15H20FNO3. The molecule has 110 valence electrons. The van der Waals surface area contributed by atoms with E-state index in [1.165, 1.54) is 0 Å². The summed E-state index contributed by atoms with van der Waals surface area (Å²) in [4.78, 5) is 23.1. The molecule has 5 heteroatoms. The summed E-state index contributed by atoms with van der Waals surface area (Å²) in [5.41, 5.74) is 0.808. The highest BCUT2D eigenvalue weighted by Crippen LogP contribution is 2.27. The molecule has 1 aromatic carbocycles. The molecule has 1 amide bonds. The summed E-state index contributed by atoms with van der Waals surface area (Å²) in [5.74, 6) is -2.26. The van der Waals surface area contributed by atoms with E-state index >= 15 is 0 Å². The number of carbonyl (C=O) groups excluding carboxylic acids is 1. The average Bonchev–Trinajstić information content (AvgIpc) is 2.45. The second-order valence-electron chi connectivity index (χ2n) is 4.83. The molecular weight excluding hydrogens is 261 g/mol. The number of hydrogen-bond donors (Lipinski definition) is 2. The van der Waals surface area contributed by atoms with Crippen molar-refractivity contribution >= 4 is 11.9 Å². The monoisotopic (exact) mass is 281 g/mol. The molecule has 1 aromatic rings. The van der Waals surface area contributed by atoms with Crippen LogP contribution in [0.15, 0.2) is 30.3 Å². The van der Waals surface area contributed by atoms with Crippen molar-refractivity contribution in [1.29, 1.82) is 0 Å². The fourth-order valence-electron chi connectivity index (χ4n) is 2.06. The zero-order valence-electron chi connectivity index (χ0n) is 11.7. The minimum atomic E-state index is -1.49. The van der Waals surface area contributed by atoms with Crippen LogP contribution in [0.1, 0.15) is 31.7 Å². The van der Waals surface area contributed by atoms with Crippen LogP contribution in [0.5, 0.6) is 0 Å². The summed E-state index contributed by atoms with van der Waals surface area (Å²) in [6.45, 7) is 2.75. The maximum Gasteiger partial charge on any atom is 0.328 e. The normalized spacial score (nSPS) is 15.2. The molecule has 0 bridgehead atoms. The fourth-order valence-corrected chi connectivity index (χ4v) is 2.06. The zero-order valence-corrected chi connectivity index (χ0v) is 11.7. The first-order valence-corrected chi connectivity index (χ1v) is 6.65. The number of aliphatic carboxylic acids is 1. The van der Waals surface area contributed by atoms with Crippen LogP contribution < -0.4 is 5.32 Å². The molecule has 0 fully saturated rings. The lowest BCUT2D eigenvalue weighted by Crippen LogP contribution is -2.45. The number of benzene rings is 1. The van der Waals surface area contributed by atoms with Crippen molar-refractivity contribution in [3.8, 4) is 0 Å². The average molecular weight is 281 g/mol. The van der Waals surface area contributed by atoms with Crippen LogP contribution in [0.25, 0.3) is 0 Å². The molecule has 0 aliphatic rings. The first-order chi connectivity index (χ1) is 9.51. The van der Waals surface area contributed by atoms with Gasteiger partial charge in [0.25, 0.3) is 0 Å². The first kappa shape index (κ1) is 16.1. The maximum absolute atomic E-state index is 12.6. The third-order valence-electron chi connectivity index (χ3n) is 3.42. The Hall–Kier alpha value is -1.91. The smallest absolute Gasteiger partial charge is 0.328 e. The third-order valence-corrected chi connectivity index (χ3v) is 3.42. The van der Waals surface area contributed by atoms with Gasteiger partial charge < -0.3 is 10.4 Å². The van der Waals surface area contributed by atoms with E-state index in [0.717, 1.165) is 12.0 Å². The lowest BCUT2D eigenvalue weighted by molar-refractivity contribution is -0.142. The molecule has 2 N–H and O–H groups in total. The molecule has 0 aliphatic carbocycles. The number of amides is 1. The zero-order chi connectivity index (χ0) is 15.1. The van der Waals surface area contributed by atoms with E-state index in [1.54, 1.807) is 0 Å². The van der Waals surface area contributed by atoms with E-state index < -0.39 is 30.5 Å². The van der Waals surface area contributed by atoms with E-state index in [4.69, 9.17) is 5.11 Å². The van der Waals surface area contributed by atoms with Gasteiger partial charge in [0.15, 0.2) is 6.04 Å². The Balaban J connectivity index is 2.94. The van der Waals surface area contributed by atoms with Gasteiger partial charge in [-0.25, -0.2) is 9.18 Å². The van der Waals surface area contributed by atoms with Gasteiger partial charge in [0.05, 0.1) is 5.92 Å². The minimum absolute atomic E-state index is 0.0338. The van der Waals surface area contributed by atoms with Gasteiger partial charge in [-0.3, -0.25) is 4.79 Å². The van der Waals surface area contributed by atoms with Crippen LogP contribution in [-0.4, -0.2) is 29.7 Å². The van der Waals surface area contributed by atoms with Crippen molar-refractivity contribution in [1.82, 2.24) is 5.32 Å². The summed E-state index contributed by atoms with van der Waals surface area (Å²) >= 11 is 0. The first-order valence-electron chi connectivity index (χ1n) is 6.65. The second kappa shape index (κ2) is 7.62. The SMILES string of the molecule is CCC(C)C(C(=O)NC(CF)C(=O)O)c1ccccc1. The number of carboxylic acids is 1. The van der Waals surface area contributed by atoms with Crippen LogP contribution in [0.3, 0.4) is 0 Å². The highest BCUT2D eigenvalue weighted by molar-refractivity contribution is 5.88. The van der Waals surface area contributed by atoms with Crippen LogP contribution in [0.4, 0.5) is 4.39 Å². The van der Waals surface area contributed by atoms with Gasteiger partial charge in [-0.15, -0.1) is 0 Å². The summed E-state index contributed by atoms with van der Waals surface area (Å²) in [7, 11) is 0. The van der Waals surface area contributed by atoms with Gasteiger partial charge in [-0.1, -0.05) is 50.6 Å². The molecule has 0 aliphatic heterocycles. The summed E-state index contributed by atoms with van der Waals surface area (Å²) < 4.78 is 12.6. The lowest BCUT2D eigenvalue weighted by Gasteiger charge is -2.24. The van der Waals surface area contributed by atoms with Gasteiger partial charge in [0, 0.05) is 0 Å². The van der Waals surface area contributed by atoms with Crippen molar-refractivity contribution in [3.05, 3.63) is 35.9 Å². The van der Waals surface area contributed by atoms with Gasteiger partial charge in [0.1, 0.15) is 6.67 Å². The largest absolute Gasteiger partial charge is 0.480 e. The fraction of sp³-hybridized carbons (Fsp3) is 0.467. The minimum Gasteiger partial charge on any atom is -0.480 e. The standard InChI is InChI=1S/C15H20FNO3/c1-3-10(2)13(11-7-5-4-6-8-11)14(18)17-12(9-16)15(19)20/h4-8,10,12-13H,3,9H2,1-2H3,(H,17,18)(H,19,20). The molecule has 3 atom stereocenters. The molecule has 4 nitrogen and oxygen atoms in total. The van der Waals surface area contributed by atoms with Crippen molar-refractivity contribution < 1.29 is 19.1 Å². The summed E-state index contributed by atoms with van der Waals surface area (Å²) in [6, 6.07) is 7.64. The molecule has 0 radical (unpaired) electrons. The van der Waals surface area contributed by atoms with Crippen molar-refractivity contribution in [3.63, 3.8) is 0 Å². The highest BCUT2D eigenvalue weighted by atomic mass is 19.1. The molecule has 0 saturated heterocycles. The number of carboxylic acid groups (broad SMARTS) is 1. The topological polar surface area (TPSA) is 66.4 Å². The molecule has 0 spiro atoms. The Kier molecular flexibility index (Phi) is 6.15.